The molecule has 90 heavy (non-hydrogen) atoms. The maximum Gasteiger partial charge on any atom is 0.210 e. The number of allylic oxidation sites excluding steroid dienone is 8. The first kappa shape index (κ1) is 57.7. The van der Waals surface area contributed by atoms with Gasteiger partial charge in [0.15, 0.2) is 24.5 Å². The van der Waals surface area contributed by atoms with Crippen molar-refractivity contribution in [2.45, 2.75) is 89.1 Å². The number of hydrogen-bond donors (Lipinski definition) is 0. The van der Waals surface area contributed by atoms with Crippen molar-refractivity contribution < 1.29 is 9.15 Å². The molecule has 442 valence electrons. The van der Waals surface area contributed by atoms with Crippen LogP contribution >= 0.6 is 31.9 Å². The third kappa shape index (κ3) is 9.42. The normalized spacial score (nSPS) is 19.9. The number of rotatable bonds is 12. The predicted molar refractivity (Wildman–Crippen MR) is 387 cm³/mol. The lowest BCUT2D eigenvalue weighted by molar-refractivity contribution is -0.455. The molecule has 0 saturated heterocycles. The van der Waals surface area contributed by atoms with Crippen LogP contribution in [-0.2, 0) is 47.6 Å². The second kappa shape index (κ2) is 22.1. The minimum absolute atomic E-state index is 0.274. The fourth-order valence-electron chi connectivity index (χ4n) is 16.5. The number of anilines is 2. The van der Waals surface area contributed by atoms with Crippen LogP contribution in [0.15, 0.2) is 275 Å². The van der Waals surface area contributed by atoms with E-state index in [1.807, 2.05) is 0 Å². The summed E-state index contributed by atoms with van der Waals surface area (Å²) in [5, 5.41) is 10.2. The summed E-state index contributed by atoms with van der Waals surface area (Å²) in [6.45, 7) is 16.0. The quantitative estimate of drug-likeness (QED) is 0.113. The van der Waals surface area contributed by atoms with Gasteiger partial charge < -0.3 is 9.80 Å². The number of likely N-dealkylation sites (N-methyl/N-ethyl adjacent to an activating group) is 2. The van der Waals surface area contributed by atoms with Gasteiger partial charge in [0.25, 0.3) is 0 Å². The molecule has 4 nitrogen and oxygen atoms in total. The molecule has 0 radical (unpaired) electrons. The number of benzene rings is 11. The standard InChI is InChI=1S/C84H74Br2N4/c1-81(2)73(29-19-31-75-83(5,51-55-21-11-9-12-22-55)79-65-27-17-15-25-59(65)39-45-69(79)87(75)7)89(71-47-41-61-37-43-63(85)49-67(61)77(71)81)53-57-33-35-58(36-34-57)54-90-72-48-42-62-38-44-64(86)50-68(62)78(72)82(3,4)74(90)30-20-32-76-84(6,52-56-23-13-10-14-24-56)80-66-28-18-16-26-60(66)40-46-70(80)88(76)8/h9-50H,51-54H2,1-8H3/q+2. The molecule has 4 heterocycles. The van der Waals surface area contributed by atoms with Gasteiger partial charge >= 0.3 is 0 Å². The van der Waals surface area contributed by atoms with Gasteiger partial charge in [0.05, 0.1) is 10.8 Å². The highest BCUT2D eigenvalue weighted by Gasteiger charge is 2.49. The molecular weight excluding hydrogens is 1220 g/mol. The van der Waals surface area contributed by atoms with Crippen LogP contribution in [-0.4, -0.2) is 34.7 Å². The lowest BCUT2D eigenvalue weighted by Crippen LogP contribution is -2.29. The molecule has 15 rings (SSSR count). The van der Waals surface area contributed by atoms with Crippen LogP contribution in [0.25, 0.3) is 43.1 Å². The third-order valence-electron chi connectivity index (χ3n) is 20.6. The van der Waals surface area contributed by atoms with Crippen LogP contribution < -0.4 is 9.80 Å². The van der Waals surface area contributed by atoms with Crippen LogP contribution in [0.5, 0.6) is 0 Å². The van der Waals surface area contributed by atoms with Gasteiger partial charge in [0.1, 0.15) is 0 Å². The summed E-state index contributed by atoms with van der Waals surface area (Å²) in [6.07, 6.45) is 16.1. The third-order valence-corrected chi connectivity index (χ3v) is 21.6. The summed E-state index contributed by atoms with van der Waals surface area (Å²) in [4.78, 5) is 4.88. The minimum atomic E-state index is -0.309. The lowest BCUT2D eigenvalue weighted by Gasteiger charge is -2.29. The molecule has 2 atom stereocenters. The second-order valence-corrected chi connectivity index (χ2v) is 28.8. The SMILES string of the molecule is CN1/C(=C/C=C/C2=[N+](Cc3ccc(C[N+]4=C(/C=C/C=C5/N(C)c6ccc7ccccc7c6C5(C)Cc5ccccc5)C(C)(C)c5c4ccc4ccc(Br)cc54)cc3)c3ccc4ccc(Br)cc4c3C2(C)C)C(C)(Cc2ccccc2)c2c1ccc1ccccc21. The lowest BCUT2D eigenvalue weighted by atomic mass is 9.74. The van der Waals surface area contributed by atoms with E-state index in [-0.39, 0.29) is 21.7 Å². The zero-order valence-corrected chi connectivity index (χ0v) is 55.8. The van der Waals surface area contributed by atoms with Crippen LogP contribution in [0.4, 0.5) is 22.7 Å². The molecule has 0 aromatic heterocycles. The topological polar surface area (TPSA) is 12.5 Å². The Morgan fingerprint density at radius 2 is 0.722 bits per heavy atom. The van der Waals surface area contributed by atoms with Crippen molar-refractivity contribution in [3.05, 3.63) is 320 Å². The monoisotopic (exact) mass is 1300 g/mol. The number of hydrogen-bond acceptors (Lipinski definition) is 2. The summed E-state index contributed by atoms with van der Waals surface area (Å²) >= 11 is 7.74. The van der Waals surface area contributed by atoms with Crippen LogP contribution in [0.3, 0.4) is 0 Å². The summed E-state index contributed by atoms with van der Waals surface area (Å²) in [5.74, 6) is 0. The van der Waals surface area contributed by atoms with Crippen molar-refractivity contribution in [1.29, 1.82) is 0 Å². The summed E-state index contributed by atoms with van der Waals surface area (Å²) in [6, 6.07) is 81.3. The molecule has 0 amide bonds. The van der Waals surface area contributed by atoms with E-state index in [1.54, 1.807) is 0 Å². The smallest absolute Gasteiger partial charge is 0.210 e. The summed E-state index contributed by atoms with van der Waals surface area (Å²) in [5.41, 5.74) is 19.7. The largest absolute Gasteiger partial charge is 0.347 e. The van der Waals surface area contributed by atoms with E-state index in [1.165, 1.54) is 133 Å². The fraction of sp³-hybridized carbons (Fsp3) is 0.190. The fourth-order valence-corrected chi connectivity index (χ4v) is 17.2. The zero-order valence-electron chi connectivity index (χ0n) is 52.6. The van der Waals surface area contributed by atoms with Crippen molar-refractivity contribution in [1.82, 2.24) is 0 Å². The summed E-state index contributed by atoms with van der Waals surface area (Å²) in [7, 11) is 4.51. The van der Waals surface area contributed by atoms with Crippen molar-refractivity contribution in [3.8, 4) is 0 Å². The minimum Gasteiger partial charge on any atom is -0.347 e. The van der Waals surface area contributed by atoms with E-state index in [2.05, 4.69) is 361 Å². The van der Waals surface area contributed by atoms with Gasteiger partial charge in [-0.2, -0.15) is 9.15 Å². The van der Waals surface area contributed by atoms with Gasteiger partial charge in [-0.25, -0.2) is 0 Å². The first-order valence-electron chi connectivity index (χ1n) is 31.7. The van der Waals surface area contributed by atoms with E-state index >= 15 is 0 Å². The van der Waals surface area contributed by atoms with Crippen molar-refractivity contribution >= 4 is 109 Å². The first-order chi connectivity index (χ1) is 43.5. The Bertz CT molecular complexity index is 4650. The van der Waals surface area contributed by atoms with Crippen LogP contribution in [0.1, 0.15) is 86.1 Å². The Labute approximate surface area is 547 Å². The zero-order chi connectivity index (χ0) is 61.8. The Hall–Kier alpha value is -8.68. The molecule has 0 aliphatic carbocycles. The molecule has 11 aromatic rings. The van der Waals surface area contributed by atoms with Crippen LogP contribution in [0, 0.1) is 0 Å². The van der Waals surface area contributed by atoms with E-state index < -0.39 is 0 Å². The molecule has 0 saturated carbocycles. The average molecular weight is 1300 g/mol. The average Bonchev–Trinajstić information content (AvgIpc) is 1.59. The number of nitrogens with zero attached hydrogens (tertiary/aromatic N) is 4. The molecule has 2 unspecified atom stereocenters. The molecule has 11 aromatic carbocycles. The molecule has 4 aliphatic rings. The Kier molecular flexibility index (Phi) is 14.2. The highest BCUT2D eigenvalue weighted by Crippen LogP contribution is 2.55. The van der Waals surface area contributed by atoms with Crippen molar-refractivity contribution in [3.63, 3.8) is 0 Å². The Morgan fingerprint density at radius 3 is 1.13 bits per heavy atom. The van der Waals surface area contributed by atoms with Gasteiger partial charge in [0.2, 0.25) is 11.4 Å². The first-order valence-corrected chi connectivity index (χ1v) is 33.3. The molecule has 0 bridgehead atoms. The number of fused-ring (bicyclic) bond motifs is 12. The highest BCUT2D eigenvalue weighted by molar-refractivity contribution is 9.10. The van der Waals surface area contributed by atoms with E-state index in [0.29, 0.717) is 0 Å². The Morgan fingerprint density at radius 1 is 0.367 bits per heavy atom. The van der Waals surface area contributed by atoms with Gasteiger partial charge in [-0.1, -0.05) is 202 Å². The van der Waals surface area contributed by atoms with E-state index in [4.69, 9.17) is 0 Å². The maximum atomic E-state index is 3.87. The molecule has 4 aliphatic heterocycles. The van der Waals surface area contributed by atoms with E-state index in [0.717, 1.165) is 34.9 Å². The van der Waals surface area contributed by atoms with E-state index in [9.17, 15) is 0 Å². The molecular formula is C84H74Br2N4+2. The van der Waals surface area contributed by atoms with Crippen molar-refractivity contribution in [2.75, 3.05) is 23.9 Å². The van der Waals surface area contributed by atoms with Gasteiger partial charge in [-0.3, -0.25) is 0 Å². The van der Waals surface area contributed by atoms with Crippen LogP contribution in [0.2, 0.25) is 0 Å². The van der Waals surface area contributed by atoms with Gasteiger partial charge in [0, 0.05) is 103 Å². The maximum absolute atomic E-state index is 3.87. The van der Waals surface area contributed by atoms with Gasteiger partial charge in [-0.05, 0) is 180 Å². The predicted octanol–water partition coefficient (Wildman–Crippen LogP) is 21.2. The molecule has 0 spiro atoms. The van der Waals surface area contributed by atoms with Gasteiger partial charge in [-0.15, -0.1) is 0 Å². The highest BCUT2D eigenvalue weighted by atomic mass is 79.9. The molecule has 0 N–H and O–H groups in total. The molecule has 0 fully saturated rings. The Balaban J connectivity index is 0.808. The summed E-state index contributed by atoms with van der Waals surface area (Å²) < 4.78 is 7.35. The van der Waals surface area contributed by atoms with Crippen molar-refractivity contribution in [2.24, 2.45) is 0 Å². The number of halogens is 2. The second-order valence-electron chi connectivity index (χ2n) is 27.0. The molecule has 6 heteroatoms.